The zero-order valence-electron chi connectivity index (χ0n) is 5.60. The van der Waals surface area contributed by atoms with Gasteiger partial charge in [-0.05, 0) is 0 Å². The third-order valence-electron chi connectivity index (χ3n) is 0.220. The summed E-state index contributed by atoms with van der Waals surface area (Å²) in [6.45, 7) is 0. The first-order chi connectivity index (χ1) is 4.27. The molecular weight excluding hydrogens is 196 g/mol. The summed E-state index contributed by atoms with van der Waals surface area (Å²) in [5.41, 5.74) is 4.65. The van der Waals surface area contributed by atoms with Crippen molar-refractivity contribution in [3.63, 3.8) is 0 Å². The molecule has 0 aliphatic heterocycles. The predicted molar refractivity (Wildman–Crippen MR) is 43.5 cm³/mol. The number of ether oxygens (including phenoxy) is 1. The van der Waals surface area contributed by atoms with E-state index in [0.29, 0.717) is 0 Å². The van der Waals surface area contributed by atoms with Gasteiger partial charge in [0.2, 0.25) is 0 Å². The molecule has 0 aromatic carbocycles. The molecule has 0 saturated heterocycles. The number of hydrogen-bond acceptors (Lipinski definition) is 4. The monoisotopic (exact) mass is 206 g/mol. The number of rotatable bonds is 0. The van der Waals surface area contributed by atoms with Crippen LogP contribution in [0.5, 0.6) is 0 Å². The number of amidine groups is 1. The molecule has 0 aromatic rings. The molecule has 0 saturated carbocycles. The Bertz CT molecular complexity index is 179. The second-order valence-electron chi connectivity index (χ2n) is 1.02. The molecule has 70 valence electrons. The fraction of sp³-hybridized carbons (Fsp3) is 0.500. The zero-order chi connectivity index (χ0) is 8.78. The molecule has 0 spiro atoms. The van der Waals surface area contributed by atoms with Gasteiger partial charge in [0.15, 0.2) is 0 Å². The Morgan fingerprint density at radius 3 is 1.64 bits per heavy atom. The van der Waals surface area contributed by atoms with E-state index < -0.39 is 10.4 Å². The van der Waals surface area contributed by atoms with E-state index in [1.54, 1.807) is 0 Å². The van der Waals surface area contributed by atoms with Crippen LogP contribution in [0.2, 0.25) is 0 Å². The maximum Gasteiger partial charge on any atom is 0.394 e. The van der Waals surface area contributed by atoms with E-state index in [1.165, 1.54) is 7.11 Å². The molecule has 0 bridgehead atoms. The molecule has 0 aromatic heterocycles. The van der Waals surface area contributed by atoms with Gasteiger partial charge in [-0.1, -0.05) is 0 Å². The van der Waals surface area contributed by atoms with Gasteiger partial charge in [0.1, 0.15) is 0 Å². The lowest BCUT2D eigenvalue weighted by molar-refractivity contribution is 0.381. The Morgan fingerprint density at radius 1 is 1.55 bits per heavy atom. The number of nitrogens with two attached hydrogens (primary N) is 1. The van der Waals surface area contributed by atoms with Crippen LogP contribution in [0, 0.1) is 5.41 Å². The van der Waals surface area contributed by atoms with Crippen molar-refractivity contribution >= 4 is 29.9 Å². The summed E-state index contributed by atoms with van der Waals surface area (Å²) in [6, 6.07) is -0.245. The van der Waals surface area contributed by atoms with Crippen molar-refractivity contribution in [1.82, 2.24) is 0 Å². The minimum atomic E-state index is -4.67. The Balaban J connectivity index is -0.000000107. The van der Waals surface area contributed by atoms with Crippen LogP contribution in [0.3, 0.4) is 0 Å². The largest absolute Gasteiger partial charge is 0.469 e. The lowest BCUT2D eigenvalue weighted by atomic mass is 11.2. The second-order valence-corrected chi connectivity index (χ2v) is 1.91. The summed E-state index contributed by atoms with van der Waals surface area (Å²) < 4.78 is 35.7. The smallest absolute Gasteiger partial charge is 0.394 e. The zero-order valence-corrected chi connectivity index (χ0v) is 7.42. The number of nitrogens with one attached hydrogen (secondary N) is 1. The van der Waals surface area contributed by atoms with E-state index in [9.17, 15) is 0 Å². The standard InChI is InChI=1S/C2H6N2O.H2O4S.H2S/c1-5-2(3)4;1-5(2,3)4;/h1H3,(H3,3,4);(H2,1,2,3,4);1H2. The fourth-order valence-electron chi connectivity index (χ4n) is 0. The number of hydrogen-bond donors (Lipinski definition) is 4. The van der Waals surface area contributed by atoms with Crippen LogP contribution in [-0.2, 0) is 15.1 Å². The molecule has 0 atom stereocenters. The number of methoxy groups -OCH3 is 1. The van der Waals surface area contributed by atoms with Crippen LogP contribution >= 0.6 is 13.5 Å². The van der Waals surface area contributed by atoms with Gasteiger partial charge in [0, 0.05) is 0 Å². The van der Waals surface area contributed by atoms with Crippen molar-refractivity contribution in [2.24, 2.45) is 5.73 Å². The summed E-state index contributed by atoms with van der Waals surface area (Å²) >= 11 is 0. The predicted octanol–water partition coefficient (Wildman–Crippen LogP) is -1.01. The topological polar surface area (TPSA) is 134 Å². The van der Waals surface area contributed by atoms with E-state index >= 15 is 0 Å². The van der Waals surface area contributed by atoms with Gasteiger partial charge in [-0.3, -0.25) is 14.5 Å². The van der Waals surface area contributed by atoms with Gasteiger partial charge in [0.05, 0.1) is 7.11 Å². The Hall–Kier alpha value is -0.510. The van der Waals surface area contributed by atoms with Crippen LogP contribution < -0.4 is 5.73 Å². The summed E-state index contributed by atoms with van der Waals surface area (Å²) in [6.07, 6.45) is 0. The summed E-state index contributed by atoms with van der Waals surface area (Å²) in [7, 11) is -3.32. The molecule has 11 heavy (non-hydrogen) atoms. The van der Waals surface area contributed by atoms with Crippen LogP contribution in [0.1, 0.15) is 0 Å². The Kier molecular flexibility index (Phi) is 11.6. The Labute approximate surface area is 71.1 Å². The second kappa shape index (κ2) is 7.60. The summed E-state index contributed by atoms with van der Waals surface area (Å²) in [5, 5.41) is 6.30. The van der Waals surface area contributed by atoms with Crippen molar-refractivity contribution in [1.29, 1.82) is 5.41 Å². The quantitative estimate of drug-likeness (QED) is 0.228. The van der Waals surface area contributed by atoms with Gasteiger partial charge < -0.3 is 10.5 Å². The molecule has 0 heterocycles. The van der Waals surface area contributed by atoms with Crippen LogP contribution in [0.15, 0.2) is 0 Å². The molecule has 0 aliphatic rings. The first-order valence-electron chi connectivity index (χ1n) is 1.85. The van der Waals surface area contributed by atoms with E-state index in [1.807, 2.05) is 0 Å². The van der Waals surface area contributed by atoms with E-state index in [4.69, 9.17) is 22.9 Å². The van der Waals surface area contributed by atoms with Gasteiger partial charge in [0.25, 0.3) is 6.02 Å². The molecular formula is C2H10N2O5S2. The van der Waals surface area contributed by atoms with Crippen LogP contribution in [0.25, 0.3) is 0 Å². The van der Waals surface area contributed by atoms with Crippen molar-refractivity contribution in [2.45, 2.75) is 0 Å². The van der Waals surface area contributed by atoms with Crippen LogP contribution in [0.4, 0.5) is 0 Å². The average Bonchev–Trinajstić information content (AvgIpc) is 1.61. The molecule has 7 nitrogen and oxygen atoms in total. The van der Waals surface area contributed by atoms with Crippen molar-refractivity contribution in [2.75, 3.05) is 7.11 Å². The van der Waals surface area contributed by atoms with Gasteiger partial charge in [-0.15, -0.1) is 0 Å². The van der Waals surface area contributed by atoms with Crippen molar-refractivity contribution in [3.8, 4) is 0 Å². The lowest BCUT2D eigenvalue weighted by Crippen LogP contribution is -2.10. The Morgan fingerprint density at radius 2 is 1.64 bits per heavy atom. The third-order valence-corrected chi connectivity index (χ3v) is 0.220. The highest BCUT2D eigenvalue weighted by Gasteiger charge is 1.84. The van der Waals surface area contributed by atoms with E-state index in [-0.39, 0.29) is 19.5 Å². The maximum absolute atomic E-state index is 8.74. The summed E-state index contributed by atoms with van der Waals surface area (Å²) in [4.78, 5) is 0. The first-order valence-corrected chi connectivity index (χ1v) is 3.25. The minimum Gasteiger partial charge on any atom is -0.469 e. The SMILES string of the molecule is COC(=N)N.O=S(=O)(O)O.S. The highest BCUT2D eigenvalue weighted by Crippen LogP contribution is 1.59. The highest BCUT2D eigenvalue weighted by atomic mass is 32.3. The van der Waals surface area contributed by atoms with Crippen molar-refractivity contribution < 1.29 is 22.3 Å². The average molecular weight is 206 g/mol. The molecule has 0 rings (SSSR count). The molecule has 0 unspecified atom stereocenters. The van der Waals surface area contributed by atoms with E-state index in [2.05, 4.69) is 10.5 Å². The van der Waals surface area contributed by atoms with E-state index in [0.717, 1.165) is 0 Å². The van der Waals surface area contributed by atoms with Crippen molar-refractivity contribution in [3.05, 3.63) is 0 Å². The molecule has 0 aliphatic carbocycles. The molecule has 5 N–H and O–H groups in total. The van der Waals surface area contributed by atoms with Gasteiger partial charge in [-0.2, -0.15) is 21.9 Å². The summed E-state index contributed by atoms with van der Waals surface area (Å²) in [5.74, 6) is 0. The molecule has 0 fully saturated rings. The molecule has 9 heteroatoms. The molecule has 0 amide bonds. The normalized spacial score (nSPS) is 8.27. The fourth-order valence-corrected chi connectivity index (χ4v) is 0. The van der Waals surface area contributed by atoms with Gasteiger partial charge >= 0.3 is 10.4 Å². The maximum atomic E-state index is 8.74. The lowest BCUT2D eigenvalue weighted by Gasteiger charge is -1.85. The molecule has 0 radical (unpaired) electrons. The highest BCUT2D eigenvalue weighted by molar-refractivity contribution is 7.79. The van der Waals surface area contributed by atoms with Crippen LogP contribution in [-0.4, -0.2) is 30.7 Å². The van der Waals surface area contributed by atoms with Gasteiger partial charge in [-0.25, -0.2) is 0 Å². The minimum absolute atomic E-state index is 0. The third kappa shape index (κ3) is 240. The first kappa shape index (κ1) is 16.8.